The molecule has 1 fully saturated rings. The number of amides is 1. The van der Waals surface area contributed by atoms with Gasteiger partial charge in [0.2, 0.25) is 5.91 Å². The van der Waals surface area contributed by atoms with Crippen molar-refractivity contribution in [3.05, 3.63) is 35.4 Å². The summed E-state index contributed by atoms with van der Waals surface area (Å²) in [4.78, 5) is 11.9. The Bertz CT molecular complexity index is 504. The Morgan fingerprint density at radius 1 is 1.33 bits per heavy atom. The molecular weight excluding hydrogens is 281 g/mol. The van der Waals surface area contributed by atoms with Crippen molar-refractivity contribution >= 4 is 5.91 Å². The molecular formula is C15H19F3N2O. The lowest BCUT2D eigenvalue weighted by molar-refractivity contribution is -0.137. The van der Waals surface area contributed by atoms with Gasteiger partial charge in [0, 0.05) is 13.0 Å². The average Bonchev–Trinajstić information content (AvgIpc) is 2.40. The molecule has 21 heavy (non-hydrogen) atoms. The Balaban J connectivity index is 1.89. The zero-order valence-electron chi connectivity index (χ0n) is 11.7. The van der Waals surface area contributed by atoms with Gasteiger partial charge < -0.3 is 11.1 Å². The van der Waals surface area contributed by atoms with Crippen molar-refractivity contribution in [2.24, 2.45) is 11.1 Å². The number of rotatable bonds is 5. The first kappa shape index (κ1) is 15.8. The van der Waals surface area contributed by atoms with Gasteiger partial charge >= 0.3 is 6.18 Å². The second kappa shape index (κ2) is 6.05. The molecule has 1 aromatic carbocycles. The number of nitrogens with two attached hydrogens (primary N) is 1. The lowest BCUT2D eigenvalue weighted by Gasteiger charge is -2.40. The number of benzene rings is 1. The third-order valence-electron chi connectivity index (χ3n) is 4.13. The molecule has 0 bridgehead atoms. The zero-order chi connectivity index (χ0) is 15.5. The van der Waals surface area contributed by atoms with Crippen molar-refractivity contribution in [1.29, 1.82) is 0 Å². The summed E-state index contributed by atoms with van der Waals surface area (Å²) in [7, 11) is 0. The SMILES string of the molecule is NCC1(CC(=O)NCc2cccc(C(F)(F)F)c2)CCC1. The van der Waals surface area contributed by atoms with E-state index >= 15 is 0 Å². The van der Waals surface area contributed by atoms with Gasteiger partial charge in [-0.25, -0.2) is 0 Å². The zero-order valence-corrected chi connectivity index (χ0v) is 11.7. The van der Waals surface area contributed by atoms with Crippen LogP contribution in [0.3, 0.4) is 0 Å². The Morgan fingerprint density at radius 2 is 2.05 bits per heavy atom. The van der Waals surface area contributed by atoms with E-state index in [1.54, 1.807) is 6.07 Å². The van der Waals surface area contributed by atoms with Gasteiger partial charge in [-0.3, -0.25) is 4.79 Å². The minimum Gasteiger partial charge on any atom is -0.352 e. The van der Waals surface area contributed by atoms with E-state index in [1.165, 1.54) is 6.07 Å². The van der Waals surface area contributed by atoms with Crippen molar-refractivity contribution in [1.82, 2.24) is 5.32 Å². The van der Waals surface area contributed by atoms with E-state index in [-0.39, 0.29) is 17.9 Å². The molecule has 0 atom stereocenters. The van der Waals surface area contributed by atoms with Crippen molar-refractivity contribution in [3.8, 4) is 0 Å². The topological polar surface area (TPSA) is 55.1 Å². The van der Waals surface area contributed by atoms with Crippen LogP contribution in [0.4, 0.5) is 13.2 Å². The van der Waals surface area contributed by atoms with Gasteiger partial charge in [-0.1, -0.05) is 18.6 Å². The molecule has 1 saturated carbocycles. The Kier molecular flexibility index (Phi) is 4.56. The average molecular weight is 300 g/mol. The third-order valence-corrected chi connectivity index (χ3v) is 4.13. The summed E-state index contributed by atoms with van der Waals surface area (Å²) in [6, 6.07) is 4.99. The van der Waals surface area contributed by atoms with Gasteiger partial charge in [-0.05, 0) is 42.5 Å². The highest BCUT2D eigenvalue weighted by Gasteiger charge is 2.37. The Morgan fingerprint density at radius 3 is 2.57 bits per heavy atom. The van der Waals surface area contributed by atoms with Gasteiger partial charge in [0.1, 0.15) is 0 Å². The fourth-order valence-corrected chi connectivity index (χ4v) is 2.59. The van der Waals surface area contributed by atoms with Crippen LogP contribution >= 0.6 is 0 Å². The minimum absolute atomic E-state index is 0.0993. The van der Waals surface area contributed by atoms with Gasteiger partial charge in [0.15, 0.2) is 0 Å². The molecule has 116 valence electrons. The fraction of sp³-hybridized carbons (Fsp3) is 0.533. The highest BCUT2D eigenvalue weighted by molar-refractivity contribution is 5.76. The highest BCUT2D eigenvalue weighted by atomic mass is 19.4. The monoisotopic (exact) mass is 300 g/mol. The maximum absolute atomic E-state index is 12.6. The van der Waals surface area contributed by atoms with Gasteiger partial charge in [0.05, 0.1) is 5.56 Å². The molecule has 0 saturated heterocycles. The van der Waals surface area contributed by atoms with Crippen LogP contribution in [-0.2, 0) is 17.5 Å². The summed E-state index contributed by atoms with van der Waals surface area (Å²) in [6.07, 6.45) is -1.04. The molecule has 1 aromatic rings. The largest absolute Gasteiger partial charge is 0.416 e. The number of nitrogens with one attached hydrogen (secondary N) is 1. The van der Waals surface area contributed by atoms with Crippen LogP contribution in [0.25, 0.3) is 0 Å². The molecule has 1 amide bonds. The fourth-order valence-electron chi connectivity index (χ4n) is 2.59. The van der Waals surface area contributed by atoms with Crippen LogP contribution in [0.5, 0.6) is 0 Å². The van der Waals surface area contributed by atoms with E-state index in [0.717, 1.165) is 31.4 Å². The molecule has 0 unspecified atom stereocenters. The molecule has 1 aliphatic carbocycles. The summed E-state index contributed by atoms with van der Waals surface area (Å²) >= 11 is 0. The summed E-state index contributed by atoms with van der Waals surface area (Å²) in [5.41, 5.74) is 5.32. The molecule has 6 heteroatoms. The normalized spacial score (nSPS) is 17.1. The minimum atomic E-state index is -4.37. The van der Waals surface area contributed by atoms with E-state index in [1.807, 2.05) is 0 Å². The third kappa shape index (κ3) is 3.97. The number of carbonyl (C=O) groups is 1. The summed E-state index contributed by atoms with van der Waals surface area (Å²) < 4.78 is 37.8. The van der Waals surface area contributed by atoms with Gasteiger partial charge in [-0.2, -0.15) is 13.2 Å². The molecule has 0 radical (unpaired) electrons. The molecule has 0 spiro atoms. The molecule has 3 N–H and O–H groups in total. The summed E-state index contributed by atoms with van der Waals surface area (Å²) in [5, 5.41) is 2.67. The quantitative estimate of drug-likeness (QED) is 0.878. The van der Waals surface area contributed by atoms with Gasteiger partial charge in [-0.15, -0.1) is 0 Å². The first-order chi connectivity index (χ1) is 9.85. The molecule has 0 heterocycles. The predicted octanol–water partition coefficient (Wildman–Crippen LogP) is 2.84. The molecule has 0 aromatic heterocycles. The van der Waals surface area contributed by atoms with Crippen LogP contribution in [0.1, 0.15) is 36.8 Å². The Hall–Kier alpha value is -1.56. The second-order valence-corrected chi connectivity index (χ2v) is 5.71. The number of hydrogen-bond acceptors (Lipinski definition) is 2. The van der Waals surface area contributed by atoms with E-state index in [2.05, 4.69) is 5.32 Å². The first-order valence-corrected chi connectivity index (χ1v) is 6.98. The van der Waals surface area contributed by atoms with Crippen LogP contribution < -0.4 is 11.1 Å². The molecule has 0 aliphatic heterocycles. The van der Waals surface area contributed by atoms with Crippen molar-refractivity contribution in [2.45, 2.75) is 38.4 Å². The second-order valence-electron chi connectivity index (χ2n) is 5.71. The van der Waals surface area contributed by atoms with Crippen molar-refractivity contribution in [3.63, 3.8) is 0 Å². The maximum Gasteiger partial charge on any atom is 0.416 e. The first-order valence-electron chi connectivity index (χ1n) is 6.98. The van der Waals surface area contributed by atoms with Crippen LogP contribution in [0.2, 0.25) is 0 Å². The smallest absolute Gasteiger partial charge is 0.352 e. The number of alkyl halides is 3. The van der Waals surface area contributed by atoms with E-state index < -0.39 is 11.7 Å². The van der Waals surface area contributed by atoms with E-state index in [0.29, 0.717) is 18.5 Å². The van der Waals surface area contributed by atoms with Crippen molar-refractivity contribution in [2.75, 3.05) is 6.54 Å². The van der Waals surface area contributed by atoms with Crippen molar-refractivity contribution < 1.29 is 18.0 Å². The standard InChI is InChI=1S/C15H19F3N2O/c16-15(17,18)12-4-1-3-11(7-12)9-20-13(21)8-14(10-19)5-2-6-14/h1,3-4,7H,2,5-6,8-10,19H2,(H,20,21). The highest BCUT2D eigenvalue weighted by Crippen LogP contribution is 2.42. The predicted molar refractivity (Wildman–Crippen MR) is 73.2 cm³/mol. The van der Waals surface area contributed by atoms with E-state index in [9.17, 15) is 18.0 Å². The lowest BCUT2D eigenvalue weighted by atomic mass is 9.66. The Labute approximate surface area is 121 Å². The van der Waals surface area contributed by atoms with Crippen LogP contribution in [0, 0.1) is 5.41 Å². The molecule has 3 nitrogen and oxygen atoms in total. The van der Waals surface area contributed by atoms with Gasteiger partial charge in [0.25, 0.3) is 0 Å². The maximum atomic E-state index is 12.6. The van der Waals surface area contributed by atoms with Crippen LogP contribution in [0.15, 0.2) is 24.3 Å². The van der Waals surface area contributed by atoms with E-state index in [4.69, 9.17) is 5.73 Å². The number of carbonyl (C=O) groups excluding carboxylic acids is 1. The number of halogens is 3. The molecule has 2 rings (SSSR count). The van der Waals surface area contributed by atoms with Crippen LogP contribution in [-0.4, -0.2) is 12.5 Å². The molecule has 1 aliphatic rings. The summed E-state index contributed by atoms with van der Waals surface area (Å²) in [6.45, 7) is 0.577. The summed E-state index contributed by atoms with van der Waals surface area (Å²) in [5.74, 6) is -0.155. The number of hydrogen-bond donors (Lipinski definition) is 2. The lowest BCUT2D eigenvalue weighted by Crippen LogP contribution is -2.41.